The highest BCUT2D eigenvalue weighted by Crippen LogP contribution is 2.06. The van der Waals surface area contributed by atoms with Crippen LogP contribution in [-0.4, -0.2) is 75.9 Å². The minimum absolute atomic E-state index is 0.249. The van der Waals surface area contributed by atoms with Gasteiger partial charge in [0.25, 0.3) is 0 Å². The third-order valence-corrected chi connectivity index (χ3v) is 4.59. The Balaban J connectivity index is 5.56. The number of amides is 5. The van der Waals surface area contributed by atoms with E-state index in [0.29, 0.717) is 0 Å². The molecule has 0 aromatic carbocycles. The Morgan fingerprint density at radius 3 is 1.71 bits per heavy atom. The average molecular weight is 488 g/mol. The van der Waals surface area contributed by atoms with E-state index in [1.54, 1.807) is 13.8 Å². The van der Waals surface area contributed by atoms with Crippen molar-refractivity contribution in [2.45, 2.75) is 70.1 Å². The molecule has 0 aromatic rings. The van der Waals surface area contributed by atoms with E-state index in [9.17, 15) is 38.7 Å². The number of aliphatic carboxylic acids is 2. The Labute approximate surface area is 195 Å². The number of primary amides is 2. The summed E-state index contributed by atoms with van der Waals surface area (Å²) < 4.78 is 0. The second-order valence-corrected chi connectivity index (χ2v) is 7.91. The molecule has 4 unspecified atom stereocenters. The van der Waals surface area contributed by atoms with Gasteiger partial charge in [-0.1, -0.05) is 13.8 Å². The number of hydrogen-bond donors (Lipinski definition) is 8. The molecule has 0 saturated carbocycles. The Morgan fingerprint density at radius 1 is 0.735 bits per heavy atom. The van der Waals surface area contributed by atoms with Gasteiger partial charge in [0.05, 0.1) is 12.5 Å². The number of nitrogens with two attached hydrogens (primary N) is 3. The molecule has 11 N–H and O–H groups in total. The normalized spacial score (nSPS) is 14.2. The molecule has 0 radical (unpaired) electrons. The van der Waals surface area contributed by atoms with Gasteiger partial charge in [-0.25, -0.2) is 4.79 Å². The van der Waals surface area contributed by atoms with Crippen LogP contribution in [0, 0.1) is 5.92 Å². The zero-order chi connectivity index (χ0) is 26.6. The lowest BCUT2D eigenvalue weighted by molar-refractivity contribution is -0.144. The Morgan fingerprint density at radius 2 is 1.26 bits per heavy atom. The van der Waals surface area contributed by atoms with Crippen molar-refractivity contribution >= 4 is 41.5 Å². The number of rotatable bonds is 16. The molecule has 0 bridgehead atoms. The quantitative estimate of drug-likeness (QED) is 0.106. The van der Waals surface area contributed by atoms with E-state index >= 15 is 0 Å². The molecule has 0 spiro atoms. The first-order chi connectivity index (χ1) is 15.6. The molecule has 0 aliphatic rings. The zero-order valence-electron chi connectivity index (χ0n) is 18.9. The van der Waals surface area contributed by atoms with Gasteiger partial charge in [-0.05, 0) is 18.8 Å². The van der Waals surface area contributed by atoms with Crippen molar-refractivity contribution in [2.24, 2.45) is 23.1 Å². The topological polar surface area (TPSA) is 274 Å². The molecule has 0 fully saturated rings. The lowest BCUT2D eigenvalue weighted by atomic mass is 10.0. The van der Waals surface area contributed by atoms with Gasteiger partial charge in [0.2, 0.25) is 29.5 Å². The molecule has 34 heavy (non-hydrogen) atoms. The number of carbonyl (C=O) groups excluding carboxylic acids is 5. The largest absolute Gasteiger partial charge is 0.481 e. The van der Waals surface area contributed by atoms with Crippen LogP contribution in [0.4, 0.5) is 0 Å². The van der Waals surface area contributed by atoms with Crippen molar-refractivity contribution in [1.29, 1.82) is 0 Å². The Kier molecular flexibility index (Phi) is 12.8. The van der Waals surface area contributed by atoms with Crippen LogP contribution in [0.5, 0.6) is 0 Å². The minimum Gasteiger partial charge on any atom is -0.481 e. The molecule has 0 aliphatic heterocycles. The van der Waals surface area contributed by atoms with E-state index in [-0.39, 0.29) is 19.3 Å². The van der Waals surface area contributed by atoms with Crippen LogP contribution in [0.25, 0.3) is 0 Å². The average Bonchev–Trinajstić information content (AvgIpc) is 2.70. The van der Waals surface area contributed by atoms with Crippen molar-refractivity contribution in [3.8, 4) is 0 Å². The van der Waals surface area contributed by atoms with Crippen molar-refractivity contribution in [3.05, 3.63) is 0 Å². The van der Waals surface area contributed by atoms with E-state index in [1.165, 1.54) is 0 Å². The zero-order valence-corrected chi connectivity index (χ0v) is 18.9. The number of hydrogen-bond acceptors (Lipinski definition) is 8. The fourth-order valence-electron chi connectivity index (χ4n) is 2.69. The van der Waals surface area contributed by atoms with Gasteiger partial charge in [-0.2, -0.15) is 0 Å². The molecule has 15 nitrogen and oxygen atoms in total. The van der Waals surface area contributed by atoms with E-state index in [4.69, 9.17) is 22.3 Å². The monoisotopic (exact) mass is 488 g/mol. The molecule has 0 saturated heterocycles. The van der Waals surface area contributed by atoms with E-state index < -0.39 is 84.4 Å². The fraction of sp³-hybridized carbons (Fsp3) is 0.632. The number of carbonyl (C=O) groups is 7. The lowest BCUT2D eigenvalue weighted by Gasteiger charge is -2.25. The third-order valence-electron chi connectivity index (χ3n) is 4.59. The summed E-state index contributed by atoms with van der Waals surface area (Å²) in [6.45, 7) is 3.09. The first kappa shape index (κ1) is 30.2. The fourth-order valence-corrected chi connectivity index (χ4v) is 2.69. The molecule has 5 amide bonds. The highest BCUT2D eigenvalue weighted by molar-refractivity contribution is 5.96. The highest BCUT2D eigenvalue weighted by Gasteiger charge is 2.32. The summed E-state index contributed by atoms with van der Waals surface area (Å²) in [6, 6.07) is -5.62. The van der Waals surface area contributed by atoms with E-state index in [1.807, 2.05) is 0 Å². The van der Waals surface area contributed by atoms with Crippen LogP contribution >= 0.6 is 0 Å². The molecule has 0 aromatic heterocycles. The Hall–Kier alpha value is -3.75. The summed E-state index contributed by atoms with van der Waals surface area (Å²) >= 11 is 0. The van der Waals surface area contributed by atoms with Gasteiger partial charge < -0.3 is 43.4 Å². The van der Waals surface area contributed by atoms with Crippen molar-refractivity contribution in [2.75, 3.05) is 0 Å². The summed E-state index contributed by atoms with van der Waals surface area (Å²) in [7, 11) is 0. The Bertz CT molecular complexity index is 801. The van der Waals surface area contributed by atoms with Gasteiger partial charge in [0.1, 0.15) is 18.1 Å². The molecule has 0 rings (SSSR count). The summed E-state index contributed by atoms with van der Waals surface area (Å²) in [6.07, 6.45) is -1.99. The molecule has 4 atom stereocenters. The van der Waals surface area contributed by atoms with Crippen LogP contribution < -0.4 is 33.2 Å². The molecule has 0 aliphatic carbocycles. The second-order valence-electron chi connectivity index (χ2n) is 7.91. The van der Waals surface area contributed by atoms with E-state index in [2.05, 4.69) is 16.0 Å². The van der Waals surface area contributed by atoms with Gasteiger partial charge >= 0.3 is 11.9 Å². The molecular formula is C19H32N6O9. The molecule has 0 heterocycles. The predicted molar refractivity (Wildman–Crippen MR) is 115 cm³/mol. The highest BCUT2D eigenvalue weighted by atomic mass is 16.4. The summed E-state index contributed by atoms with van der Waals surface area (Å²) in [5.74, 6) is -7.72. The van der Waals surface area contributed by atoms with E-state index in [0.717, 1.165) is 0 Å². The lowest BCUT2D eigenvalue weighted by Crippen LogP contribution is -2.58. The first-order valence-electron chi connectivity index (χ1n) is 10.3. The van der Waals surface area contributed by atoms with Gasteiger partial charge in [-0.3, -0.25) is 28.8 Å². The first-order valence-corrected chi connectivity index (χ1v) is 10.3. The number of carboxylic acid groups (broad SMARTS) is 2. The van der Waals surface area contributed by atoms with Gasteiger partial charge in [0.15, 0.2) is 0 Å². The van der Waals surface area contributed by atoms with Crippen LogP contribution in [0.3, 0.4) is 0 Å². The predicted octanol–water partition coefficient (Wildman–Crippen LogP) is -3.49. The maximum atomic E-state index is 12.7. The van der Waals surface area contributed by atoms with Crippen molar-refractivity contribution in [3.63, 3.8) is 0 Å². The van der Waals surface area contributed by atoms with Crippen LogP contribution in [0.1, 0.15) is 46.0 Å². The standard InChI is InChI=1S/C19H32N6O9/c1-8(2)15(19(33)34)25-17(31)10(4-5-12(21)26)23-18(32)11(7-13(22)27)24-16(30)9(20)3-6-14(28)29/h8-11,15H,3-7,20H2,1-2H3,(H2,21,26)(H2,22,27)(H,23,32)(H,24,30)(H,25,31)(H,28,29)(H,33,34). The molecular weight excluding hydrogens is 456 g/mol. The summed E-state index contributed by atoms with van der Waals surface area (Å²) in [5.41, 5.74) is 15.8. The van der Waals surface area contributed by atoms with Crippen LogP contribution in [0.2, 0.25) is 0 Å². The van der Waals surface area contributed by atoms with Gasteiger partial charge in [0, 0.05) is 12.8 Å². The maximum Gasteiger partial charge on any atom is 0.326 e. The minimum atomic E-state index is -1.58. The van der Waals surface area contributed by atoms with Crippen LogP contribution in [-0.2, 0) is 33.6 Å². The maximum absolute atomic E-state index is 12.7. The summed E-state index contributed by atoms with van der Waals surface area (Å²) in [5, 5.41) is 24.6. The third kappa shape index (κ3) is 11.8. The second kappa shape index (κ2) is 14.4. The molecule has 192 valence electrons. The molecule has 15 heteroatoms. The smallest absolute Gasteiger partial charge is 0.326 e. The van der Waals surface area contributed by atoms with Gasteiger partial charge in [-0.15, -0.1) is 0 Å². The number of nitrogens with one attached hydrogen (secondary N) is 3. The summed E-state index contributed by atoms with van der Waals surface area (Å²) in [4.78, 5) is 82.2. The number of carboxylic acids is 2. The van der Waals surface area contributed by atoms with Crippen molar-refractivity contribution < 1.29 is 43.8 Å². The van der Waals surface area contributed by atoms with Crippen molar-refractivity contribution in [1.82, 2.24) is 16.0 Å². The van der Waals surface area contributed by atoms with Crippen LogP contribution in [0.15, 0.2) is 0 Å². The SMILES string of the molecule is CC(C)C(NC(=O)C(CCC(N)=O)NC(=O)C(CC(N)=O)NC(=O)C(N)CCC(=O)O)C(=O)O.